The van der Waals surface area contributed by atoms with Crippen LogP contribution >= 0.6 is 0 Å². The summed E-state index contributed by atoms with van der Waals surface area (Å²) in [4.78, 5) is 33.1. The smallest absolute Gasteiger partial charge is 0.325 e. The van der Waals surface area contributed by atoms with Crippen LogP contribution in [-0.4, -0.2) is 32.3 Å². The summed E-state index contributed by atoms with van der Waals surface area (Å²) in [6, 6.07) is 24.0. The van der Waals surface area contributed by atoms with E-state index in [0.717, 1.165) is 11.1 Å². The lowest BCUT2D eigenvalue weighted by atomic mass is 9.69. The molecule has 2 heterocycles. The highest BCUT2D eigenvalue weighted by atomic mass is 16.7. The minimum Gasteiger partial charge on any atom is -0.489 e. The third-order valence-electron chi connectivity index (χ3n) is 6.87. The van der Waals surface area contributed by atoms with Crippen LogP contribution in [-0.2, 0) is 30.5 Å². The van der Waals surface area contributed by atoms with Crippen molar-refractivity contribution in [2.45, 2.75) is 25.2 Å². The highest BCUT2D eigenvalue weighted by Crippen LogP contribution is 2.55. The molecule has 7 nitrogen and oxygen atoms in total. The fraction of sp³-hybridized carbons (Fsp3) is 0.241. The van der Waals surface area contributed by atoms with E-state index in [2.05, 4.69) is 6.58 Å². The van der Waals surface area contributed by atoms with Crippen LogP contribution in [0.15, 0.2) is 85.4 Å². The molecule has 0 aliphatic carbocycles. The minimum atomic E-state index is -1.67. The average Bonchev–Trinajstić information content (AvgIpc) is 2.94. The maximum atomic E-state index is 13.4. The summed E-state index contributed by atoms with van der Waals surface area (Å²) in [6.07, 6.45) is -0.560. The Morgan fingerprint density at radius 2 is 1.58 bits per heavy atom. The van der Waals surface area contributed by atoms with Gasteiger partial charge in [0.25, 0.3) is 0 Å². The SMILES string of the molecule is C=C1c2ccccc2N2OC1CC(C(=O)OC)(C(=O)OC)C2c1ccc(OCc2ccccc2)cc1. The predicted molar refractivity (Wildman–Crippen MR) is 134 cm³/mol. The molecule has 3 aromatic carbocycles. The summed E-state index contributed by atoms with van der Waals surface area (Å²) < 4.78 is 16.3. The lowest BCUT2D eigenvalue weighted by Gasteiger charge is -2.52. The number of hydroxylamine groups is 1. The molecule has 5 rings (SSSR count). The lowest BCUT2D eigenvalue weighted by Crippen LogP contribution is -2.60. The Hall–Kier alpha value is -4.10. The van der Waals surface area contributed by atoms with E-state index >= 15 is 0 Å². The highest BCUT2D eigenvalue weighted by Gasteiger charge is 2.63. The van der Waals surface area contributed by atoms with Crippen molar-refractivity contribution in [2.75, 3.05) is 19.3 Å². The summed E-state index contributed by atoms with van der Waals surface area (Å²) in [5.74, 6) is -0.713. The number of esters is 2. The molecule has 2 atom stereocenters. The standard InChI is InChI=1S/C29H27NO6/c1-19-23-11-7-8-12-24(23)30-26(29(27(31)33-2,28(32)34-3)17-25(19)36-30)21-13-15-22(16-14-21)35-18-20-9-5-4-6-10-20/h4-16,25-26H,1,17-18H2,2-3H3. The number of nitrogens with zero attached hydrogens (tertiary/aromatic N) is 1. The normalized spacial score (nSPS) is 19.7. The number of fused-ring (bicyclic) bond motifs is 4. The number of para-hydroxylation sites is 1. The zero-order valence-electron chi connectivity index (χ0n) is 20.2. The van der Waals surface area contributed by atoms with E-state index in [9.17, 15) is 9.59 Å². The molecule has 36 heavy (non-hydrogen) atoms. The number of ether oxygens (including phenoxy) is 3. The van der Waals surface area contributed by atoms with Gasteiger partial charge in [-0.1, -0.05) is 67.2 Å². The highest BCUT2D eigenvalue weighted by molar-refractivity contribution is 6.03. The van der Waals surface area contributed by atoms with Gasteiger partial charge >= 0.3 is 11.9 Å². The minimum absolute atomic E-state index is 0.0347. The molecule has 2 aliphatic heterocycles. The number of hydrogen-bond acceptors (Lipinski definition) is 7. The van der Waals surface area contributed by atoms with Gasteiger partial charge in [0.2, 0.25) is 0 Å². The summed E-state index contributed by atoms with van der Waals surface area (Å²) in [6.45, 7) is 4.62. The first-order valence-electron chi connectivity index (χ1n) is 11.7. The molecule has 0 amide bonds. The Morgan fingerprint density at radius 3 is 2.25 bits per heavy atom. The van der Waals surface area contributed by atoms with Gasteiger partial charge in [-0.15, -0.1) is 0 Å². The van der Waals surface area contributed by atoms with Crippen molar-refractivity contribution < 1.29 is 28.6 Å². The molecule has 0 N–H and O–H groups in total. The van der Waals surface area contributed by atoms with Gasteiger partial charge in [0.05, 0.1) is 19.9 Å². The van der Waals surface area contributed by atoms with Crippen molar-refractivity contribution in [3.8, 4) is 5.75 Å². The third kappa shape index (κ3) is 3.82. The number of carbonyl (C=O) groups excluding carboxylic acids is 2. The summed E-state index contributed by atoms with van der Waals surface area (Å²) in [7, 11) is 2.54. The molecular weight excluding hydrogens is 458 g/mol. The second kappa shape index (κ2) is 9.51. The molecule has 1 saturated heterocycles. The van der Waals surface area contributed by atoms with Gasteiger partial charge in [0, 0.05) is 12.0 Å². The second-order valence-electron chi connectivity index (χ2n) is 8.87. The van der Waals surface area contributed by atoms with Crippen LogP contribution in [0.3, 0.4) is 0 Å². The topological polar surface area (TPSA) is 74.3 Å². The van der Waals surface area contributed by atoms with Gasteiger partial charge in [0.15, 0.2) is 5.41 Å². The fourth-order valence-electron chi connectivity index (χ4n) is 5.08. The molecular formula is C29H27NO6. The molecule has 3 aromatic rings. The molecule has 184 valence electrons. The summed E-state index contributed by atoms with van der Waals surface area (Å²) in [5.41, 5.74) is 2.37. The Bertz CT molecular complexity index is 1270. The Labute approximate surface area is 209 Å². The monoisotopic (exact) mass is 485 g/mol. The van der Waals surface area contributed by atoms with E-state index in [1.165, 1.54) is 14.2 Å². The maximum absolute atomic E-state index is 13.4. The van der Waals surface area contributed by atoms with Crippen molar-refractivity contribution in [1.29, 1.82) is 0 Å². The number of benzene rings is 3. The summed E-state index contributed by atoms with van der Waals surface area (Å²) >= 11 is 0. The molecule has 2 unspecified atom stereocenters. The van der Waals surface area contributed by atoms with Gasteiger partial charge in [-0.05, 0) is 34.9 Å². The van der Waals surface area contributed by atoms with Gasteiger partial charge in [-0.3, -0.25) is 14.4 Å². The quantitative estimate of drug-likeness (QED) is 0.364. The van der Waals surface area contributed by atoms with Gasteiger partial charge < -0.3 is 14.2 Å². The van der Waals surface area contributed by atoms with Crippen LogP contribution in [0.1, 0.15) is 29.2 Å². The first-order chi connectivity index (χ1) is 17.5. The Balaban J connectivity index is 1.57. The molecule has 2 bridgehead atoms. The van der Waals surface area contributed by atoms with Crippen LogP contribution in [0, 0.1) is 5.41 Å². The van der Waals surface area contributed by atoms with Gasteiger partial charge in [-0.2, -0.15) is 0 Å². The molecule has 0 spiro atoms. The van der Waals surface area contributed by atoms with Crippen LogP contribution < -0.4 is 9.80 Å². The molecule has 1 fully saturated rings. The van der Waals surface area contributed by atoms with E-state index in [4.69, 9.17) is 19.0 Å². The number of carbonyl (C=O) groups is 2. The summed E-state index contributed by atoms with van der Waals surface area (Å²) in [5, 5.41) is 1.63. The van der Waals surface area contributed by atoms with E-state index in [0.29, 0.717) is 29.2 Å². The largest absolute Gasteiger partial charge is 0.489 e. The lowest BCUT2D eigenvalue weighted by molar-refractivity contribution is -0.183. The van der Waals surface area contributed by atoms with Crippen LogP contribution in [0.25, 0.3) is 5.57 Å². The first-order valence-corrected chi connectivity index (χ1v) is 11.7. The van der Waals surface area contributed by atoms with E-state index < -0.39 is 29.5 Å². The number of anilines is 1. The van der Waals surface area contributed by atoms with Gasteiger partial charge in [-0.25, -0.2) is 5.06 Å². The van der Waals surface area contributed by atoms with Crippen molar-refractivity contribution >= 4 is 23.2 Å². The van der Waals surface area contributed by atoms with Gasteiger partial charge in [0.1, 0.15) is 24.5 Å². The zero-order valence-corrected chi connectivity index (χ0v) is 20.2. The van der Waals surface area contributed by atoms with Crippen molar-refractivity contribution in [2.24, 2.45) is 5.41 Å². The fourth-order valence-corrected chi connectivity index (χ4v) is 5.08. The number of rotatable bonds is 6. The molecule has 7 heteroatoms. The van der Waals surface area contributed by atoms with Crippen molar-refractivity contribution in [1.82, 2.24) is 0 Å². The van der Waals surface area contributed by atoms with Crippen LogP contribution in [0.4, 0.5) is 5.69 Å². The van der Waals surface area contributed by atoms with Crippen molar-refractivity contribution in [3.63, 3.8) is 0 Å². The van der Waals surface area contributed by atoms with E-state index in [1.807, 2.05) is 78.9 Å². The first kappa shape index (κ1) is 23.6. The Morgan fingerprint density at radius 1 is 0.944 bits per heavy atom. The Kier molecular flexibility index (Phi) is 6.24. The molecule has 2 aliphatic rings. The predicted octanol–water partition coefficient (Wildman–Crippen LogP) is 4.88. The maximum Gasteiger partial charge on any atom is 0.325 e. The number of methoxy groups -OCH3 is 2. The van der Waals surface area contributed by atoms with Crippen molar-refractivity contribution in [3.05, 3.63) is 102 Å². The zero-order chi connectivity index (χ0) is 25.3. The van der Waals surface area contributed by atoms with Crippen LogP contribution in [0.2, 0.25) is 0 Å². The molecule has 0 saturated carbocycles. The third-order valence-corrected chi connectivity index (χ3v) is 6.87. The average molecular weight is 486 g/mol. The van der Waals surface area contributed by atoms with E-state index in [-0.39, 0.29) is 6.42 Å². The number of hydrogen-bond donors (Lipinski definition) is 0. The van der Waals surface area contributed by atoms with Crippen LogP contribution in [0.5, 0.6) is 5.75 Å². The molecule has 0 aromatic heterocycles. The van der Waals surface area contributed by atoms with E-state index in [1.54, 1.807) is 5.06 Å². The second-order valence-corrected chi connectivity index (χ2v) is 8.87. The molecule has 0 radical (unpaired) electrons.